The Kier molecular flexibility index (Phi) is 5.43. The lowest BCUT2D eigenvalue weighted by Gasteiger charge is -2.26. The number of nitrogens with zero attached hydrogens (tertiary/aromatic N) is 1. The minimum Gasteiger partial charge on any atom is -0.355 e. The van der Waals surface area contributed by atoms with Crippen LogP contribution in [-0.4, -0.2) is 24.2 Å². The summed E-state index contributed by atoms with van der Waals surface area (Å²) in [5, 5.41) is 6.10. The van der Waals surface area contributed by atoms with Crippen molar-refractivity contribution in [2.45, 2.75) is 25.0 Å². The predicted molar refractivity (Wildman–Crippen MR) is 109 cm³/mol. The third kappa shape index (κ3) is 3.87. The number of carbonyl (C=O) groups is 1. The number of carbonyl (C=O) groups excluding carboxylic acids is 1. The Bertz CT molecular complexity index is 1110. The second-order valence-electron chi connectivity index (χ2n) is 6.88. The van der Waals surface area contributed by atoms with Gasteiger partial charge in [0.1, 0.15) is 4.75 Å². The Balaban J connectivity index is 1.98. The number of ketones is 1. The third-order valence-electron chi connectivity index (χ3n) is 4.83. The fraction of sp³-hybridized carbons (Fsp3) is 0.200. The van der Waals surface area contributed by atoms with Gasteiger partial charge >= 0.3 is 0 Å². The Morgan fingerprint density at radius 3 is 2.50 bits per heavy atom. The maximum absolute atomic E-state index is 12.8. The lowest BCUT2D eigenvalue weighted by atomic mass is 9.96. The normalized spacial score (nSPS) is 13.9. The van der Waals surface area contributed by atoms with Gasteiger partial charge in [-0.05, 0) is 61.4 Å². The molecule has 3 aromatic rings. The van der Waals surface area contributed by atoms with Crippen LogP contribution in [0.1, 0.15) is 39.8 Å². The van der Waals surface area contributed by atoms with E-state index in [1.165, 1.54) is 6.20 Å². The molecule has 0 aliphatic heterocycles. The van der Waals surface area contributed by atoms with Gasteiger partial charge in [0.05, 0.1) is 5.69 Å². The number of H-pyrrole nitrogens is 1. The van der Waals surface area contributed by atoms with E-state index in [4.69, 9.17) is 16.7 Å². The third-order valence-corrected chi connectivity index (χ3v) is 6.72. The molecule has 146 valence electrons. The zero-order valence-corrected chi connectivity index (χ0v) is 17.0. The standard InChI is InChI=1S/C20H20ClN3O3S/c1-13-10-17(24-18(13)19(25)14-5-7-16(21)8-6-14)11-20(2,28(22,26)27)15-4-3-9-23-12-15/h3-10,12,24H,11H2,1-2H3,(H2,22,26,27). The summed E-state index contributed by atoms with van der Waals surface area (Å²) in [6, 6.07) is 11.7. The van der Waals surface area contributed by atoms with Gasteiger partial charge in [-0.1, -0.05) is 17.7 Å². The molecule has 0 spiro atoms. The first-order valence-electron chi connectivity index (χ1n) is 8.53. The fourth-order valence-electron chi connectivity index (χ4n) is 3.11. The molecule has 8 heteroatoms. The summed E-state index contributed by atoms with van der Waals surface area (Å²) >= 11 is 5.88. The quantitative estimate of drug-likeness (QED) is 0.600. The zero-order valence-electron chi connectivity index (χ0n) is 15.4. The molecule has 0 aliphatic rings. The zero-order chi connectivity index (χ0) is 20.5. The van der Waals surface area contributed by atoms with Gasteiger partial charge in [-0.25, -0.2) is 13.6 Å². The number of benzene rings is 1. The Morgan fingerprint density at radius 2 is 1.93 bits per heavy atom. The summed E-state index contributed by atoms with van der Waals surface area (Å²) in [5.41, 5.74) is 2.69. The van der Waals surface area contributed by atoms with Gasteiger partial charge in [0, 0.05) is 35.1 Å². The number of pyridine rings is 1. The van der Waals surface area contributed by atoms with Gasteiger partial charge in [0.25, 0.3) is 0 Å². The average Bonchev–Trinajstić information content (AvgIpc) is 3.01. The van der Waals surface area contributed by atoms with E-state index in [9.17, 15) is 13.2 Å². The first kappa shape index (κ1) is 20.3. The topological polar surface area (TPSA) is 106 Å². The molecule has 0 fully saturated rings. The minimum absolute atomic E-state index is 0.0757. The number of primary sulfonamides is 1. The molecule has 28 heavy (non-hydrogen) atoms. The van der Waals surface area contributed by atoms with Crippen molar-refractivity contribution >= 4 is 27.4 Å². The average molecular weight is 418 g/mol. The molecule has 0 bridgehead atoms. The van der Waals surface area contributed by atoms with Gasteiger partial charge in [-0.3, -0.25) is 9.78 Å². The number of nitrogens with one attached hydrogen (secondary N) is 1. The van der Waals surface area contributed by atoms with Gasteiger partial charge in [0.2, 0.25) is 15.8 Å². The van der Waals surface area contributed by atoms with Crippen molar-refractivity contribution in [1.29, 1.82) is 0 Å². The monoisotopic (exact) mass is 417 g/mol. The van der Waals surface area contributed by atoms with Crippen molar-refractivity contribution in [2.24, 2.45) is 5.14 Å². The van der Waals surface area contributed by atoms with Crippen molar-refractivity contribution in [3.05, 3.63) is 88.0 Å². The van der Waals surface area contributed by atoms with E-state index in [1.54, 1.807) is 62.5 Å². The van der Waals surface area contributed by atoms with E-state index in [0.29, 0.717) is 27.5 Å². The molecular formula is C20H20ClN3O3S. The van der Waals surface area contributed by atoms with Crippen LogP contribution in [0.15, 0.2) is 54.9 Å². The molecule has 3 N–H and O–H groups in total. The van der Waals surface area contributed by atoms with E-state index in [2.05, 4.69) is 9.97 Å². The van der Waals surface area contributed by atoms with Gasteiger partial charge in [-0.2, -0.15) is 0 Å². The molecule has 1 unspecified atom stereocenters. The predicted octanol–water partition coefficient (Wildman–Crippen LogP) is 3.35. The van der Waals surface area contributed by atoms with E-state index in [1.807, 2.05) is 0 Å². The number of nitrogens with two attached hydrogens (primary N) is 1. The van der Waals surface area contributed by atoms with Crippen molar-refractivity contribution in [2.75, 3.05) is 0 Å². The van der Waals surface area contributed by atoms with Crippen molar-refractivity contribution in [3.63, 3.8) is 0 Å². The van der Waals surface area contributed by atoms with E-state index in [0.717, 1.165) is 5.56 Å². The summed E-state index contributed by atoms with van der Waals surface area (Å²) in [4.78, 5) is 19.9. The molecule has 0 aliphatic carbocycles. The largest absolute Gasteiger partial charge is 0.355 e. The fourth-order valence-corrected chi connectivity index (χ4v) is 4.04. The van der Waals surface area contributed by atoms with Crippen LogP contribution in [-0.2, 0) is 21.2 Å². The molecule has 0 saturated carbocycles. The second kappa shape index (κ2) is 7.50. The van der Waals surface area contributed by atoms with Crippen LogP contribution in [0.3, 0.4) is 0 Å². The van der Waals surface area contributed by atoms with Crippen LogP contribution >= 0.6 is 11.6 Å². The summed E-state index contributed by atoms with van der Waals surface area (Å²) < 4.78 is 23.4. The van der Waals surface area contributed by atoms with E-state index in [-0.39, 0.29) is 12.2 Å². The maximum Gasteiger partial charge on any atom is 0.219 e. The number of halogens is 1. The smallest absolute Gasteiger partial charge is 0.219 e. The Morgan fingerprint density at radius 1 is 1.25 bits per heavy atom. The Labute approximate surface area is 168 Å². The van der Waals surface area contributed by atoms with Gasteiger partial charge < -0.3 is 4.98 Å². The van der Waals surface area contributed by atoms with Crippen molar-refractivity contribution in [1.82, 2.24) is 9.97 Å². The number of rotatable bonds is 6. The first-order chi connectivity index (χ1) is 13.1. The van der Waals surface area contributed by atoms with Crippen LogP contribution in [0.25, 0.3) is 0 Å². The van der Waals surface area contributed by atoms with Crippen LogP contribution in [0, 0.1) is 6.92 Å². The number of hydrogen-bond acceptors (Lipinski definition) is 4. The highest BCUT2D eigenvalue weighted by Crippen LogP contribution is 2.32. The summed E-state index contributed by atoms with van der Waals surface area (Å²) in [6.07, 6.45) is 3.13. The molecule has 3 rings (SSSR count). The van der Waals surface area contributed by atoms with Crippen molar-refractivity contribution in [3.8, 4) is 0 Å². The SMILES string of the molecule is Cc1cc(CC(C)(c2cccnc2)S(N)(=O)=O)[nH]c1C(=O)c1ccc(Cl)cc1. The maximum atomic E-state index is 12.8. The number of sulfonamides is 1. The van der Waals surface area contributed by atoms with Crippen molar-refractivity contribution < 1.29 is 13.2 Å². The van der Waals surface area contributed by atoms with Crippen LogP contribution in [0.5, 0.6) is 0 Å². The van der Waals surface area contributed by atoms with E-state index < -0.39 is 14.8 Å². The van der Waals surface area contributed by atoms with Gasteiger partial charge in [-0.15, -0.1) is 0 Å². The second-order valence-corrected chi connectivity index (χ2v) is 9.31. The molecule has 0 saturated heterocycles. The number of aromatic amines is 1. The van der Waals surface area contributed by atoms with Gasteiger partial charge in [0.15, 0.2) is 0 Å². The first-order valence-corrected chi connectivity index (χ1v) is 10.5. The molecule has 0 radical (unpaired) electrons. The number of aromatic nitrogens is 2. The molecule has 2 heterocycles. The summed E-state index contributed by atoms with van der Waals surface area (Å²) in [6.45, 7) is 3.34. The highest BCUT2D eigenvalue weighted by molar-refractivity contribution is 7.90. The summed E-state index contributed by atoms with van der Waals surface area (Å²) in [7, 11) is -3.96. The highest BCUT2D eigenvalue weighted by atomic mass is 35.5. The van der Waals surface area contributed by atoms with Crippen LogP contribution < -0.4 is 5.14 Å². The lowest BCUT2D eigenvalue weighted by molar-refractivity contribution is 0.103. The molecule has 2 aromatic heterocycles. The number of aryl methyl sites for hydroxylation is 1. The lowest BCUT2D eigenvalue weighted by Crippen LogP contribution is -2.40. The highest BCUT2D eigenvalue weighted by Gasteiger charge is 2.39. The van der Waals surface area contributed by atoms with Crippen LogP contribution in [0.4, 0.5) is 0 Å². The molecule has 0 amide bonds. The number of hydrogen-bond donors (Lipinski definition) is 2. The molecule has 1 aromatic carbocycles. The summed E-state index contributed by atoms with van der Waals surface area (Å²) in [5.74, 6) is -0.195. The molecule has 1 atom stereocenters. The Hall–Kier alpha value is -2.48. The molecular weight excluding hydrogens is 398 g/mol. The van der Waals surface area contributed by atoms with Crippen LogP contribution in [0.2, 0.25) is 5.02 Å². The molecule has 6 nitrogen and oxygen atoms in total. The van der Waals surface area contributed by atoms with E-state index >= 15 is 0 Å². The minimum atomic E-state index is -3.96.